The topological polar surface area (TPSA) is 29.5 Å². The summed E-state index contributed by atoms with van der Waals surface area (Å²) in [6, 6.07) is 5.32. The fourth-order valence-electron chi connectivity index (χ4n) is 2.76. The van der Waals surface area contributed by atoms with E-state index in [4.69, 9.17) is 4.74 Å². The molecule has 20 heavy (non-hydrogen) atoms. The van der Waals surface area contributed by atoms with Crippen molar-refractivity contribution in [3.05, 3.63) is 35.1 Å². The summed E-state index contributed by atoms with van der Waals surface area (Å²) in [4.78, 5) is 14.5. The van der Waals surface area contributed by atoms with Gasteiger partial charge in [0.05, 0.1) is 12.2 Å². The lowest BCUT2D eigenvalue weighted by Crippen LogP contribution is -2.38. The molecule has 0 spiro atoms. The highest BCUT2D eigenvalue weighted by Gasteiger charge is 2.36. The first-order valence-corrected chi connectivity index (χ1v) is 7.30. The molecular formula is C16H20FNO2. The van der Waals surface area contributed by atoms with E-state index >= 15 is 0 Å². The predicted molar refractivity (Wildman–Crippen MR) is 74.1 cm³/mol. The molecule has 2 aliphatic rings. The Bertz CT molecular complexity index is 507. The number of halogens is 1. The first-order chi connectivity index (χ1) is 9.66. The Kier molecular flexibility index (Phi) is 3.74. The first-order valence-electron chi connectivity index (χ1n) is 7.30. The molecular weight excluding hydrogens is 257 g/mol. The minimum atomic E-state index is -0.383. The van der Waals surface area contributed by atoms with Crippen molar-refractivity contribution in [2.24, 2.45) is 5.92 Å². The van der Waals surface area contributed by atoms with E-state index in [2.05, 4.69) is 0 Å². The van der Waals surface area contributed by atoms with Gasteiger partial charge in [0.15, 0.2) is 0 Å². The Morgan fingerprint density at radius 1 is 1.40 bits per heavy atom. The van der Waals surface area contributed by atoms with Crippen molar-refractivity contribution in [2.45, 2.75) is 32.2 Å². The van der Waals surface area contributed by atoms with Crippen molar-refractivity contribution < 1.29 is 13.9 Å². The Labute approximate surface area is 118 Å². The molecule has 1 saturated carbocycles. The second-order valence-electron chi connectivity index (χ2n) is 5.85. The first kappa shape index (κ1) is 13.6. The van der Waals surface area contributed by atoms with E-state index in [0.29, 0.717) is 30.7 Å². The standard InChI is InChI=1S/C16H20FNO2/c1-11-3-2-4-14(15(11)17)16(19)18(13-5-6-13)9-12-7-8-20-10-12/h2-4,12-13H,5-10H2,1H3. The van der Waals surface area contributed by atoms with Crippen molar-refractivity contribution in [1.82, 2.24) is 4.90 Å². The third-order valence-electron chi connectivity index (χ3n) is 4.15. The van der Waals surface area contributed by atoms with Gasteiger partial charge in [-0.15, -0.1) is 0 Å². The number of nitrogens with zero attached hydrogens (tertiary/aromatic N) is 1. The van der Waals surface area contributed by atoms with Gasteiger partial charge in [-0.25, -0.2) is 4.39 Å². The zero-order valence-corrected chi connectivity index (χ0v) is 11.8. The summed E-state index contributed by atoms with van der Waals surface area (Å²) in [5.74, 6) is -0.154. The summed E-state index contributed by atoms with van der Waals surface area (Å²) >= 11 is 0. The number of carbonyl (C=O) groups excluding carboxylic acids is 1. The molecule has 1 heterocycles. The zero-order chi connectivity index (χ0) is 14.1. The number of benzene rings is 1. The maximum atomic E-state index is 14.1. The highest BCUT2D eigenvalue weighted by Crippen LogP contribution is 2.31. The van der Waals surface area contributed by atoms with Crippen LogP contribution in [0.4, 0.5) is 4.39 Å². The number of rotatable bonds is 4. The summed E-state index contributed by atoms with van der Waals surface area (Å²) in [7, 11) is 0. The van der Waals surface area contributed by atoms with Crippen LogP contribution in [0.2, 0.25) is 0 Å². The second kappa shape index (κ2) is 5.52. The van der Waals surface area contributed by atoms with Crippen LogP contribution in [0.15, 0.2) is 18.2 Å². The van der Waals surface area contributed by atoms with Gasteiger partial charge in [0.1, 0.15) is 5.82 Å². The zero-order valence-electron chi connectivity index (χ0n) is 11.8. The van der Waals surface area contributed by atoms with E-state index in [9.17, 15) is 9.18 Å². The number of ether oxygens (including phenoxy) is 1. The minimum absolute atomic E-state index is 0.166. The molecule has 1 aliphatic heterocycles. The summed E-state index contributed by atoms with van der Waals surface area (Å²) in [5.41, 5.74) is 0.728. The van der Waals surface area contributed by atoms with Gasteiger partial charge in [-0.2, -0.15) is 0 Å². The Hall–Kier alpha value is -1.42. The molecule has 1 aliphatic carbocycles. The van der Waals surface area contributed by atoms with Crippen molar-refractivity contribution >= 4 is 5.91 Å². The van der Waals surface area contributed by atoms with Crippen molar-refractivity contribution in [3.63, 3.8) is 0 Å². The van der Waals surface area contributed by atoms with E-state index in [1.807, 2.05) is 4.90 Å². The second-order valence-corrected chi connectivity index (χ2v) is 5.85. The van der Waals surface area contributed by atoms with Crippen LogP contribution in [0.5, 0.6) is 0 Å². The van der Waals surface area contributed by atoms with Crippen LogP contribution in [0, 0.1) is 18.7 Å². The molecule has 1 aromatic carbocycles. The molecule has 108 valence electrons. The van der Waals surface area contributed by atoms with Gasteiger partial charge in [0.25, 0.3) is 5.91 Å². The van der Waals surface area contributed by atoms with Crippen LogP contribution >= 0.6 is 0 Å². The third-order valence-corrected chi connectivity index (χ3v) is 4.15. The molecule has 2 fully saturated rings. The molecule has 0 bridgehead atoms. The highest BCUT2D eigenvalue weighted by molar-refractivity contribution is 5.95. The van der Waals surface area contributed by atoms with Crippen LogP contribution in [0.1, 0.15) is 35.2 Å². The minimum Gasteiger partial charge on any atom is -0.381 e. The maximum absolute atomic E-state index is 14.1. The Balaban J connectivity index is 1.79. The average molecular weight is 277 g/mol. The summed E-state index contributed by atoms with van der Waals surface area (Å²) in [6.45, 7) is 3.87. The number of hydrogen-bond donors (Lipinski definition) is 0. The molecule has 1 saturated heterocycles. The molecule has 3 rings (SSSR count). The normalized spacial score (nSPS) is 22.0. The van der Waals surface area contributed by atoms with Crippen LogP contribution in [-0.2, 0) is 4.74 Å². The van der Waals surface area contributed by atoms with Crippen LogP contribution in [-0.4, -0.2) is 36.6 Å². The van der Waals surface area contributed by atoms with Crippen molar-refractivity contribution in [2.75, 3.05) is 19.8 Å². The third kappa shape index (κ3) is 2.70. The molecule has 4 heteroatoms. The monoisotopic (exact) mass is 277 g/mol. The predicted octanol–water partition coefficient (Wildman–Crippen LogP) is 2.78. The quantitative estimate of drug-likeness (QED) is 0.847. The maximum Gasteiger partial charge on any atom is 0.257 e. The van der Waals surface area contributed by atoms with Crippen molar-refractivity contribution in [1.29, 1.82) is 0 Å². The van der Waals surface area contributed by atoms with Crippen LogP contribution in [0.3, 0.4) is 0 Å². The van der Waals surface area contributed by atoms with Gasteiger partial charge in [0.2, 0.25) is 0 Å². The van der Waals surface area contributed by atoms with Gasteiger partial charge in [-0.05, 0) is 37.8 Å². The molecule has 0 radical (unpaired) electrons. The smallest absolute Gasteiger partial charge is 0.257 e. The molecule has 3 nitrogen and oxygen atoms in total. The summed E-state index contributed by atoms with van der Waals surface area (Å²) < 4.78 is 19.5. The van der Waals surface area contributed by atoms with Gasteiger partial charge in [-0.3, -0.25) is 4.79 Å². The SMILES string of the molecule is Cc1cccc(C(=O)N(CC2CCOC2)C2CC2)c1F. The molecule has 0 N–H and O–H groups in total. The highest BCUT2D eigenvalue weighted by atomic mass is 19.1. The van der Waals surface area contributed by atoms with E-state index in [1.165, 1.54) is 0 Å². The summed E-state index contributed by atoms with van der Waals surface area (Å²) in [5, 5.41) is 0. The van der Waals surface area contributed by atoms with Gasteiger partial charge in [-0.1, -0.05) is 12.1 Å². The van der Waals surface area contributed by atoms with Crippen molar-refractivity contribution in [3.8, 4) is 0 Å². The van der Waals surface area contributed by atoms with E-state index in [-0.39, 0.29) is 17.3 Å². The molecule has 1 unspecified atom stereocenters. The lowest BCUT2D eigenvalue weighted by atomic mass is 10.1. The lowest BCUT2D eigenvalue weighted by Gasteiger charge is -2.25. The number of amides is 1. The molecule has 1 atom stereocenters. The molecule has 0 aromatic heterocycles. The van der Waals surface area contributed by atoms with Gasteiger partial charge >= 0.3 is 0 Å². The number of hydrogen-bond acceptors (Lipinski definition) is 2. The number of aryl methyl sites for hydroxylation is 1. The largest absolute Gasteiger partial charge is 0.381 e. The van der Waals surface area contributed by atoms with Crippen LogP contribution in [0.25, 0.3) is 0 Å². The van der Waals surface area contributed by atoms with Crippen LogP contribution < -0.4 is 0 Å². The van der Waals surface area contributed by atoms with E-state index in [0.717, 1.165) is 25.9 Å². The van der Waals surface area contributed by atoms with E-state index in [1.54, 1.807) is 25.1 Å². The summed E-state index contributed by atoms with van der Waals surface area (Å²) in [6.07, 6.45) is 3.06. The average Bonchev–Trinajstić information content (AvgIpc) is 3.15. The number of carbonyl (C=O) groups is 1. The Morgan fingerprint density at radius 3 is 2.85 bits per heavy atom. The lowest BCUT2D eigenvalue weighted by molar-refractivity contribution is 0.0701. The molecule has 1 aromatic rings. The Morgan fingerprint density at radius 2 is 2.20 bits per heavy atom. The fraction of sp³-hybridized carbons (Fsp3) is 0.562. The van der Waals surface area contributed by atoms with Gasteiger partial charge < -0.3 is 9.64 Å². The fourth-order valence-corrected chi connectivity index (χ4v) is 2.76. The van der Waals surface area contributed by atoms with Gasteiger partial charge in [0, 0.05) is 25.1 Å². The molecule has 1 amide bonds. The van der Waals surface area contributed by atoms with E-state index < -0.39 is 0 Å².